The molecular weight excluding hydrogens is 206 g/mol. The number of hydrogen-bond donors (Lipinski definition) is 1. The Bertz CT molecular complexity index is 388. The van der Waals surface area contributed by atoms with Gasteiger partial charge in [0.1, 0.15) is 0 Å². The third kappa shape index (κ3) is 2.90. The minimum atomic E-state index is 0.231. The van der Waals surface area contributed by atoms with Crippen LogP contribution in [0.2, 0.25) is 0 Å². The lowest BCUT2D eigenvalue weighted by Crippen LogP contribution is -2.57. The van der Waals surface area contributed by atoms with Crippen LogP contribution in [0.15, 0.2) is 24.3 Å². The standard InChI is InChI=1S/C16H25N/c1-12-8-6-7-9-14(12)13-10-15(2,3)17-16(4,5)11-13/h6-9,13,17H,10-11H2,1-5H3. The molecule has 1 heterocycles. The Balaban J connectivity index is 2.30. The van der Waals surface area contributed by atoms with Gasteiger partial charge in [-0.2, -0.15) is 0 Å². The Labute approximate surface area is 106 Å². The molecule has 2 rings (SSSR count). The lowest BCUT2D eigenvalue weighted by atomic mass is 9.72. The second-order valence-electron chi connectivity index (χ2n) is 6.85. The van der Waals surface area contributed by atoms with Gasteiger partial charge in [0.2, 0.25) is 0 Å². The Hall–Kier alpha value is -0.820. The van der Waals surface area contributed by atoms with Crippen molar-refractivity contribution in [3.63, 3.8) is 0 Å². The smallest absolute Gasteiger partial charge is 0.0135 e. The molecule has 1 heteroatoms. The number of nitrogens with one attached hydrogen (secondary N) is 1. The number of piperidine rings is 1. The summed E-state index contributed by atoms with van der Waals surface area (Å²) >= 11 is 0. The van der Waals surface area contributed by atoms with E-state index in [9.17, 15) is 0 Å². The Morgan fingerprint density at radius 1 is 1.00 bits per heavy atom. The summed E-state index contributed by atoms with van der Waals surface area (Å²) in [7, 11) is 0. The third-order valence-corrected chi connectivity index (χ3v) is 3.82. The van der Waals surface area contributed by atoms with Crippen LogP contribution in [0.4, 0.5) is 0 Å². The maximum atomic E-state index is 3.75. The van der Waals surface area contributed by atoms with Crippen LogP contribution < -0.4 is 5.32 Å². The zero-order chi connectivity index (χ0) is 12.7. The fraction of sp³-hybridized carbons (Fsp3) is 0.625. The molecule has 0 atom stereocenters. The van der Waals surface area contributed by atoms with E-state index in [0.29, 0.717) is 5.92 Å². The van der Waals surface area contributed by atoms with Gasteiger partial charge < -0.3 is 5.32 Å². The highest BCUT2D eigenvalue weighted by molar-refractivity contribution is 5.30. The van der Waals surface area contributed by atoms with Crippen molar-refractivity contribution in [1.29, 1.82) is 0 Å². The zero-order valence-corrected chi connectivity index (χ0v) is 11.8. The summed E-state index contributed by atoms with van der Waals surface area (Å²) in [6, 6.07) is 8.84. The molecular formula is C16H25N. The fourth-order valence-electron chi connectivity index (χ4n) is 3.59. The number of rotatable bonds is 1. The first kappa shape index (κ1) is 12.6. The van der Waals surface area contributed by atoms with Crippen molar-refractivity contribution in [3.8, 4) is 0 Å². The summed E-state index contributed by atoms with van der Waals surface area (Å²) in [5.41, 5.74) is 3.43. The van der Waals surface area contributed by atoms with E-state index in [1.165, 1.54) is 24.0 Å². The van der Waals surface area contributed by atoms with Crippen LogP contribution in [0.3, 0.4) is 0 Å². The minimum absolute atomic E-state index is 0.231. The number of benzene rings is 1. The van der Waals surface area contributed by atoms with Crippen molar-refractivity contribution >= 4 is 0 Å². The summed E-state index contributed by atoms with van der Waals surface area (Å²) in [6.45, 7) is 11.5. The van der Waals surface area contributed by atoms with Gasteiger partial charge in [-0.3, -0.25) is 0 Å². The SMILES string of the molecule is Cc1ccccc1C1CC(C)(C)NC(C)(C)C1. The molecule has 1 aliphatic heterocycles. The Kier molecular flexibility index (Phi) is 3.07. The molecule has 1 aliphatic rings. The average molecular weight is 231 g/mol. The van der Waals surface area contributed by atoms with Crippen LogP contribution >= 0.6 is 0 Å². The van der Waals surface area contributed by atoms with Gasteiger partial charge in [0.05, 0.1) is 0 Å². The van der Waals surface area contributed by atoms with E-state index in [-0.39, 0.29) is 11.1 Å². The molecule has 1 saturated heterocycles. The average Bonchev–Trinajstić information content (AvgIpc) is 2.13. The molecule has 0 spiro atoms. The lowest BCUT2D eigenvalue weighted by Gasteiger charge is -2.47. The van der Waals surface area contributed by atoms with Crippen LogP contribution in [0, 0.1) is 6.92 Å². The lowest BCUT2D eigenvalue weighted by molar-refractivity contribution is 0.161. The van der Waals surface area contributed by atoms with Crippen molar-refractivity contribution in [2.24, 2.45) is 0 Å². The predicted octanol–water partition coefficient (Wildman–Crippen LogP) is 4.02. The van der Waals surface area contributed by atoms with Crippen molar-refractivity contribution < 1.29 is 0 Å². The van der Waals surface area contributed by atoms with E-state index < -0.39 is 0 Å². The second kappa shape index (κ2) is 4.13. The molecule has 1 nitrogen and oxygen atoms in total. The fourth-order valence-corrected chi connectivity index (χ4v) is 3.59. The highest BCUT2D eigenvalue weighted by Crippen LogP contribution is 2.39. The summed E-state index contributed by atoms with van der Waals surface area (Å²) in [5, 5.41) is 3.75. The molecule has 1 aromatic rings. The molecule has 0 aromatic heterocycles. The summed E-state index contributed by atoms with van der Waals surface area (Å²) in [4.78, 5) is 0. The molecule has 0 aliphatic carbocycles. The predicted molar refractivity (Wildman–Crippen MR) is 74.4 cm³/mol. The van der Waals surface area contributed by atoms with Crippen molar-refractivity contribution in [3.05, 3.63) is 35.4 Å². The summed E-state index contributed by atoms with van der Waals surface area (Å²) in [5.74, 6) is 0.683. The van der Waals surface area contributed by atoms with E-state index in [4.69, 9.17) is 0 Å². The van der Waals surface area contributed by atoms with E-state index >= 15 is 0 Å². The molecule has 1 fully saturated rings. The summed E-state index contributed by atoms with van der Waals surface area (Å²) < 4.78 is 0. The van der Waals surface area contributed by atoms with Gasteiger partial charge in [-0.25, -0.2) is 0 Å². The van der Waals surface area contributed by atoms with E-state index in [0.717, 1.165) is 0 Å². The van der Waals surface area contributed by atoms with Gasteiger partial charge in [-0.05, 0) is 64.5 Å². The number of aryl methyl sites for hydroxylation is 1. The second-order valence-corrected chi connectivity index (χ2v) is 6.85. The van der Waals surface area contributed by atoms with E-state index in [2.05, 4.69) is 64.2 Å². The van der Waals surface area contributed by atoms with Crippen LogP contribution in [-0.2, 0) is 0 Å². The Morgan fingerprint density at radius 2 is 1.53 bits per heavy atom. The Morgan fingerprint density at radius 3 is 2.06 bits per heavy atom. The first-order valence-electron chi connectivity index (χ1n) is 6.64. The van der Waals surface area contributed by atoms with Crippen LogP contribution in [-0.4, -0.2) is 11.1 Å². The number of hydrogen-bond acceptors (Lipinski definition) is 1. The highest BCUT2D eigenvalue weighted by atomic mass is 15.0. The van der Waals surface area contributed by atoms with Gasteiger partial charge >= 0.3 is 0 Å². The molecule has 0 radical (unpaired) electrons. The van der Waals surface area contributed by atoms with Gasteiger partial charge in [-0.1, -0.05) is 24.3 Å². The molecule has 0 unspecified atom stereocenters. The van der Waals surface area contributed by atoms with E-state index in [1.807, 2.05) is 0 Å². The molecule has 0 saturated carbocycles. The third-order valence-electron chi connectivity index (χ3n) is 3.82. The first-order chi connectivity index (χ1) is 7.79. The van der Waals surface area contributed by atoms with E-state index in [1.54, 1.807) is 0 Å². The quantitative estimate of drug-likeness (QED) is 0.769. The molecule has 1 aromatic carbocycles. The molecule has 94 valence electrons. The maximum Gasteiger partial charge on any atom is 0.0135 e. The zero-order valence-electron chi connectivity index (χ0n) is 11.8. The van der Waals surface area contributed by atoms with Gasteiger partial charge in [0.15, 0.2) is 0 Å². The van der Waals surface area contributed by atoms with Crippen molar-refractivity contribution in [2.45, 2.75) is 64.5 Å². The highest BCUT2D eigenvalue weighted by Gasteiger charge is 2.38. The van der Waals surface area contributed by atoms with Crippen molar-refractivity contribution in [2.75, 3.05) is 0 Å². The van der Waals surface area contributed by atoms with Crippen LogP contribution in [0.25, 0.3) is 0 Å². The van der Waals surface area contributed by atoms with Crippen LogP contribution in [0.5, 0.6) is 0 Å². The molecule has 0 bridgehead atoms. The van der Waals surface area contributed by atoms with Gasteiger partial charge in [0.25, 0.3) is 0 Å². The molecule has 17 heavy (non-hydrogen) atoms. The molecule has 0 amide bonds. The molecule has 1 N–H and O–H groups in total. The minimum Gasteiger partial charge on any atom is -0.307 e. The van der Waals surface area contributed by atoms with Gasteiger partial charge in [-0.15, -0.1) is 0 Å². The van der Waals surface area contributed by atoms with Crippen molar-refractivity contribution in [1.82, 2.24) is 5.32 Å². The first-order valence-corrected chi connectivity index (χ1v) is 6.64. The monoisotopic (exact) mass is 231 g/mol. The van der Waals surface area contributed by atoms with Gasteiger partial charge in [0, 0.05) is 11.1 Å². The topological polar surface area (TPSA) is 12.0 Å². The largest absolute Gasteiger partial charge is 0.307 e. The van der Waals surface area contributed by atoms with Crippen LogP contribution in [0.1, 0.15) is 57.6 Å². The summed E-state index contributed by atoms with van der Waals surface area (Å²) in [6.07, 6.45) is 2.45. The normalized spacial score (nSPS) is 23.6. The maximum absolute atomic E-state index is 3.75.